The molecule has 0 bridgehead atoms. The fourth-order valence-electron chi connectivity index (χ4n) is 1.55. The highest BCUT2D eigenvalue weighted by atomic mass is 15.1. The van der Waals surface area contributed by atoms with Crippen molar-refractivity contribution in [3.8, 4) is 0 Å². The molecule has 0 aromatic carbocycles. The van der Waals surface area contributed by atoms with Gasteiger partial charge in [-0.3, -0.25) is 4.90 Å². The first-order valence-electron chi connectivity index (χ1n) is 5.91. The zero-order chi connectivity index (χ0) is 11.5. The third kappa shape index (κ3) is 8.60. The van der Waals surface area contributed by atoms with E-state index < -0.39 is 0 Å². The van der Waals surface area contributed by atoms with Crippen molar-refractivity contribution in [1.82, 2.24) is 10.2 Å². The lowest BCUT2D eigenvalue weighted by Crippen LogP contribution is -2.26. The first-order chi connectivity index (χ1) is 7.29. The minimum Gasteiger partial charge on any atom is -0.333 e. The SMILES string of the molecule is CC1CCNCC1.CN.CN1CC=CC1. The van der Waals surface area contributed by atoms with Crippen LogP contribution in [0.1, 0.15) is 19.8 Å². The van der Waals surface area contributed by atoms with Gasteiger partial charge in [-0.1, -0.05) is 19.1 Å². The molecule has 1 saturated heterocycles. The molecule has 1 fully saturated rings. The van der Waals surface area contributed by atoms with Gasteiger partial charge in [0.05, 0.1) is 0 Å². The summed E-state index contributed by atoms with van der Waals surface area (Å²) in [7, 11) is 3.61. The second-order valence-corrected chi connectivity index (χ2v) is 4.13. The van der Waals surface area contributed by atoms with Crippen molar-refractivity contribution in [2.45, 2.75) is 19.8 Å². The molecule has 0 aromatic rings. The summed E-state index contributed by atoms with van der Waals surface area (Å²) in [5.41, 5.74) is 4.50. The van der Waals surface area contributed by atoms with Gasteiger partial charge in [-0.15, -0.1) is 0 Å². The third-order valence-corrected chi connectivity index (χ3v) is 2.63. The van der Waals surface area contributed by atoms with E-state index in [1.165, 1.54) is 33.0 Å². The van der Waals surface area contributed by atoms with Crippen LogP contribution in [0.15, 0.2) is 12.2 Å². The molecule has 0 aromatic heterocycles. The summed E-state index contributed by atoms with van der Waals surface area (Å²) >= 11 is 0. The monoisotopic (exact) mass is 213 g/mol. The van der Waals surface area contributed by atoms with Gasteiger partial charge in [0.25, 0.3) is 0 Å². The molecular formula is C12H27N3. The number of likely N-dealkylation sites (N-methyl/N-ethyl adjacent to an activating group) is 1. The van der Waals surface area contributed by atoms with Crippen LogP contribution in [0, 0.1) is 5.92 Å². The average molecular weight is 213 g/mol. The quantitative estimate of drug-likeness (QED) is 0.591. The molecule has 0 amide bonds. The summed E-state index contributed by atoms with van der Waals surface area (Å²) in [5.74, 6) is 0.973. The third-order valence-electron chi connectivity index (χ3n) is 2.63. The molecule has 3 nitrogen and oxygen atoms in total. The van der Waals surface area contributed by atoms with E-state index >= 15 is 0 Å². The fourth-order valence-corrected chi connectivity index (χ4v) is 1.55. The highest BCUT2D eigenvalue weighted by Crippen LogP contribution is 2.08. The van der Waals surface area contributed by atoms with Crippen LogP contribution in [-0.4, -0.2) is 45.2 Å². The summed E-state index contributed by atoms with van der Waals surface area (Å²) in [6, 6.07) is 0. The highest BCUT2D eigenvalue weighted by molar-refractivity contribution is 4.93. The van der Waals surface area contributed by atoms with E-state index in [1.54, 1.807) is 0 Å². The standard InChI is InChI=1S/C6H13N.C5H9N.CH5N/c1-6-2-4-7-5-3-6;1-6-4-2-3-5-6;1-2/h6-7H,2-5H2,1H3;2-3H,4-5H2,1H3;2H2,1H3. The maximum atomic E-state index is 4.50. The Labute approximate surface area is 94.7 Å². The Hall–Kier alpha value is -0.380. The molecular weight excluding hydrogens is 186 g/mol. The van der Waals surface area contributed by atoms with Crippen LogP contribution < -0.4 is 11.1 Å². The van der Waals surface area contributed by atoms with Crippen LogP contribution >= 0.6 is 0 Å². The molecule has 3 heteroatoms. The van der Waals surface area contributed by atoms with Gasteiger partial charge in [-0.25, -0.2) is 0 Å². The van der Waals surface area contributed by atoms with E-state index in [-0.39, 0.29) is 0 Å². The Bertz CT molecular complexity index is 143. The van der Waals surface area contributed by atoms with Gasteiger partial charge in [-0.2, -0.15) is 0 Å². The van der Waals surface area contributed by atoms with Crippen LogP contribution in [-0.2, 0) is 0 Å². The Morgan fingerprint density at radius 3 is 1.80 bits per heavy atom. The molecule has 0 atom stereocenters. The topological polar surface area (TPSA) is 41.3 Å². The summed E-state index contributed by atoms with van der Waals surface area (Å²) < 4.78 is 0. The Balaban J connectivity index is 0.000000227. The summed E-state index contributed by atoms with van der Waals surface area (Å²) in [5, 5.41) is 3.32. The number of nitrogens with one attached hydrogen (secondary N) is 1. The van der Waals surface area contributed by atoms with Crippen molar-refractivity contribution < 1.29 is 0 Å². The van der Waals surface area contributed by atoms with Crippen molar-refractivity contribution in [3.63, 3.8) is 0 Å². The molecule has 0 aliphatic carbocycles. The van der Waals surface area contributed by atoms with Crippen molar-refractivity contribution in [3.05, 3.63) is 12.2 Å². The zero-order valence-corrected chi connectivity index (χ0v) is 10.5. The first-order valence-corrected chi connectivity index (χ1v) is 5.91. The van der Waals surface area contributed by atoms with Crippen LogP contribution in [0.25, 0.3) is 0 Å². The van der Waals surface area contributed by atoms with E-state index in [9.17, 15) is 0 Å². The molecule has 2 aliphatic heterocycles. The van der Waals surface area contributed by atoms with E-state index in [0.29, 0.717) is 0 Å². The minimum absolute atomic E-state index is 0.973. The minimum atomic E-state index is 0.973. The Morgan fingerprint density at radius 2 is 1.60 bits per heavy atom. The normalized spacial score (nSPS) is 21.3. The summed E-state index contributed by atoms with van der Waals surface area (Å²) in [6.45, 7) is 7.07. The van der Waals surface area contributed by atoms with Gasteiger partial charge < -0.3 is 11.1 Å². The first kappa shape index (κ1) is 14.6. The van der Waals surface area contributed by atoms with Gasteiger partial charge in [0, 0.05) is 13.1 Å². The molecule has 2 aliphatic rings. The van der Waals surface area contributed by atoms with Crippen LogP contribution in [0.5, 0.6) is 0 Å². The predicted octanol–water partition coefficient (Wildman–Crippen LogP) is 1.07. The van der Waals surface area contributed by atoms with Gasteiger partial charge >= 0.3 is 0 Å². The zero-order valence-electron chi connectivity index (χ0n) is 10.5. The lowest BCUT2D eigenvalue weighted by atomic mass is 10.0. The average Bonchev–Trinajstić information content (AvgIpc) is 2.74. The van der Waals surface area contributed by atoms with Crippen LogP contribution in [0.2, 0.25) is 0 Å². The summed E-state index contributed by atoms with van der Waals surface area (Å²) in [4.78, 5) is 2.25. The summed E-state index contributed by atoms with van der Waals surface area (Å²) in [6.07, 6.45) is 7.11. The van der Waals surface area contributed by atoms with Gasteiger partial charge in [-0.05, 0) is 45.9 Å². The van der Waals surface area contributed by atoms with E-state index in [4.69, 9.17) is 0 Å². The lowest BCUT2D eigenvalue weighted by Gasteiger charge is -2.17. The second-order valence-electron chi connectivity index (χ2n) is 4.13. The molecule has 0 spiro atoms. The lowest BCUT2D eigenvalue weighted by molar-refractivity contribution is 0.402. The maximum absolute atomic E-state index is 4.50. The maximum Gasteiger partial charge on any atom is 0.0163 e. The molecule has 2 rings (SSSR count). The van der Waals surface area contributed by atoms with E-state index in [1.807, 2.05) is 0 Å². The number of hydrogen-bond donors (Lipinski definition) is 2. The Morgan fingerprint density at radius 1 is 1.13 bits per heavy atom. The molecule has 2 heterocycles. The smallest absolute Gasteiger partial charge is 0.0163 e. The van der Waals surface area contributed by atoms with Crippen molar-refractivity contribution in [2.24, 2.45) is 11.7 Å². The molecule has 90 valence electrons. The highest BCUT2D eigenvalue weighted by Gasteiger charge is 2.05. The van der Waals surface area contributed by atoms with Crippen molar-refractivity contribution in [1.29, 1.82) is 0 Å². The van der Waals surface area contributed by atoms with Gasteiger partial charge in [0.15, 0.2) is 0 Å². The predicted molar refractivity (Wildman–Crippen MR) is 68.0 cm³/mol. The van der Waals surface area contributed by atoms with Crippen LogP contribution in [0.3, 0.4) is 0 Å². The van der Waals surface area contributed by atoms with Gasteiger partial charge in [0.2, 0.25) is 0 Å². The Kier molecular flexibility index (Phi) is 9.89. The van der Waals surface area contributed by atoms with Crippen LogP contribution in [0.4, 0.5) is 0 Å². The fraction of sp³-hybridized carbons (Fsp3) is 0.833. The number of piperidine rings is 1. The number of nitrogens with two attached hydrogens (primary N) is 1. The van der Waals surface area contributed by atoms with E-state index in [2.05, 4.69) is 42.1 Å². The largest absolute Gasteiger partial charge is 0.333 e. The van der Waals surface area contributed by atoms with Crippen molar-refractivity contribution >= 4 is 0 Å². The molecule has 15 heavy (non-hydrogen) atoms. The molecule has 0 saturated carbocycles. The molecule has 0 unspecified atom stereocenters. The number of nitrogens with zero attached hydrogens (tertiary/aromatic N) is 1. The second kappa shape index (κ2) is 10.1. The van der Waals surface area contributed by atoms with E-state index in [0.717, 1.165) is 19.0 Å². The van der Waals surface area contributed by atoms with Crippen molar-refractivity contribution in [2.75, 3.05) is 40.3 Å². The molecule has 0 radical (unpaired) electrons. The molecule has 3 N–H and O–H groups in total. The van der Waals surface area contributed by atoms with Gasteiger partial charge in [0.1, 0.15) is 0 Å². The number of hydrogen-bond acceptors (Lipinski definition) is 3. The number of rotatable bonds is 0.